The zero-order valence-corrected chi connectivity index (χ0v) is 51.0. The Bertz CT molecular complexity index is 2790. The highest BCUT2D eigenvalue weighted by Gasteiger charge is 2.49. The summed E-state index contributed by atoms with van der Waals surface area (Å²) in [7, 11) is 4.32. The standard InChI is InChI=1S/C68H98N2O5/c1-24-47-34-44(3)26-32-53(47)58-36-49-28-30-51(38-56(49)69(58)22)73-67(18,19)42-64(12,13)61(72-46(5)40-66(16,17)75-60(71)55(63(9,10)11)41-62(6,7)8)65(14,15)43-68(20,21)74-52-31-29-50-37-59(70(23)57(50)39-52)54-33-27-45(4)35-48(54)25-2/h26-39,46,55,61H,24-25,40-43H2,1-23H3. The lowest BCUT2D eigenvalue weighted by Crippen LogP contribution is -2.52. The van der Waals surface area contributed by atoms with Gasteiger partial charge in [-0.05, 0) is 164 Å². The minimum absolute atomic E-state index is 0.0207. The molecule has 0 bridgehead atoms. The molecule has 4 aromatic carbocycles. The van der Waals surface area contributed by atoms with Crippen LogP contribution in [0.15, 0.2) is 84.9 Å². The Morgan fingerprint density at radius 1 is 0.533 bits per heavy atom. The average molecular weight is 1020 g/mol. The van der Waals surface area contributed by atoms with Crippen LogP contribution in [-0.4, -0.2) is 44.1 Å². The van der Waals surface area contributed by atoms with Crippen molar-refractivity contribution in [3.63, 3.8) is 0 Å². The molecule has 0 aliphatic carbocycles. The maximum Gasteiger partial charge on any atom is 0.310 e. The minimum Gasteiger partial charge on any atom is -0.488 e. The fourth-order valence-corrected chi connectivity index (χ4v) is 13.0. The Morgan fingerprint density at radius 3 is 1.32 bits per heavy atom. The summed E-state index contributed by atoms with van der Waals surface area (Å²) in [5, 5.41) is 2.38. The number of carbonyl (C=O) groups is 1. The minimum atomic E-state index is -0.762. The van der Waals surface area contributed by atoms with Crippen molar-refractivity contribution in [2.24, 2.45) is 41.7 Å². The highest BCUT2D eigenvalue weighted by Crippen LogP contribution is 2.48. The van der Waals surface area contributed by atoms with Gasteiger partial charge in [0.05, 0.1) is 29.2 Å². The quantitative estimate of drug-likeness (QED) is 0.0672. The molecule has 2 heterocycles. The Kier molecular flexibility index (Phi) is 17.2. The normalized spacial score (nSPS) is 14.2. The first-order valence-corrected chi connectivity index (χ1v) is 28.1. The molecule has 7 heteroatoms. The summed E-state index contributed by atoms with van der Waals surface area (Å²) in [6.45, 7) is 46.1. The van der Waals surface area contributed by atoms with Crippen molar-refractivity contribution in [1.82, 2.24) is 9.13 Å². The van der Waals surface area contributed by atoms with Crippen LogP contribution in [-0.2, 0) is 41.2 Å². The third kappa shape index (κ3) is 14.5. The van der Waals surface area contributed by atoms with Crippen LogP contribution in [0.25, 0.3) is 44.3 Å². The molecule has 410 valence electrons. The number of nitrogens with zero attached hydrogens (tertiary/aromatic N) is 2. The van der Waals surface area contributed by atoms with E-state index >= 15 is 0 Å². The molecule has 0 saturated heterocycles. The third-order valence-electron chi connectivity index (χ3n) is 15.5. The molecule has 2 aromatic heterocycles. The van der Waals surface area contributed by atoms with Crippen LogP contribution in [0.2, 0.25) is 0 Å². The summed E-state index contributed by atoms with van der Waals surface area (Å²) >= 11 is 0. The van der Waals surface area contributed by atoms with E-state index in [0.29, 0.717) is 19.3 Å². The second-order valence-electron chi connectivity index (χ2n) is 28.1. The third-order valence-corrected chi connectivity index (χ3v) is 15.5. The monoisotopic (exact) mass is 1020 g/mol. The number of aromatic nitrogens is 2. The first kappa shape index (κ1) is 59.2. The molecule has 6 aromatic rings. The van der Waals surface area contributed by atoms with E-state index in [-0.39, 0.29) is 34.9 Å². The lowest BCUT2D eigenvalue weighted by atomic mass is 9.64. The fourth-order valence-electron chi connectivity index (χ4n) is 13.0. The van der Waals surface area contributed by atoms with Gasteiger partial charge in [0.2, 0.25) is 0 Å². The number of ether oxygens (including phenoxy) is 4. The van der Waals surface area contributed by atoms with Crippen LogP contribution < -0.4 is 9.47 Å². The van der Waals surface area contributed by atoms with Crippen molar-refractivity contribution in [2.45, 2.75) is 213 Å². The van der Waals surface area contributed by atoms with Gasteiger partial charge in [-0.3, -0.25) is 4.79 Å². The number of hydrogen-bond donors (Lipinski definition) is 0. The zero-order chi connectivity index (χ0) is 56.0. The SMILES string of the molecule is CCc1cc(C)ccc1-c1cc2ccc(OC(C)(C)CC(C)(C)C(OC(C)CC(C)(C)OC(=O)C(CC(C)(C)C)C(C)(C)C)C(C)(C)CC(C)(C)Oc3ccc4cc(-c5ccc(C)cc5CC)n(C)c4c3)cc2n1C. The molecule has 0 amide bonds. The zero-order valence-electron chi connectivity index (χ0n) is 51.0. The predicted octanol–water partition coefficient (Wildman–Crippen LogP) is 18.2. The molecule has 7 nitrogen and oxygen atoms in total. The van der Waals surface area contributed by atoms with Crippen LogP contribution in [0.3, 0.4) is 0 Å². The molecule has 0 saturated carbocycles. The first-order chi connectivity index (χ1) is 34.4. The highest BCUT2D eigenvalue weighted by atomic mass is 16.6. The number of hydrogen-bond acceptors (Lipinski definition) is 5. The highest BCUT2D eigenvalue weighted by molar-refractivity contribution is 5.90. The maximum atomic E-state index is 14.1. The van der Waals surface area contributed by atoms with Gasteiger partial charge in [0.1, 0.15) is 28.3 Å². The van der Waals surface area contributed by atoms with E-state index in [1.807, 2.05) is 13.8 Å². The smallest absolute Gasteiger partial charge is 0.310 e. The number of rotatable bonds is 21. The van der Waals surface area contributed by atoms with E-state index in [4.69, 9.17) is 18.9 Å². The molecular formula is C68H98N2O5. The molecule has 0 N–H and O–H groups in total. The number of esters is 1. The molecule has 0 fully saturated rings. The van der Waals surface area contributed by atoms with E-state index in [1.54, 1.807) is 0 Å². The lowest BCUT2D eigenvalue weighted by molar-refractivity contribution is -0.181. The summed E-state index contributed by atoms with van der Waals surface area (Å²) in [5.74, 6) is 1.30. The fraction of sp³-hybridized carbons (Fsp3) is 0.574. The molecule has 0 aliphatic rings. The maximum absolute atomic E-state index is 14.1. The number of benzene rings is 4. The van der Waals surface area contributed by atoms with Gasteiger partial charge in [0.15, 0.2) is 0 Å². The summed E-state index contributed by atoms with van der Waals surface area (Å²) in [6, 6.07) is 31.1. The Hall–Kier alpha value is -5.01. The molecule has 0 aliphatic heterocycles. The van der Waals surface area contributed by atoms with Crippen LogP contribution >= 0.6 is 0 Å². The Labute approximate surface area is 454 Å². The van der Waals surface area contributed by atoms with Gasteiger partial charge >= 0.3 is 5.97 Å². The molecule has 0 radical (unpaired) electrons. The van der Waals surface area contributed by atoms with E-state index in [1.165, 1.54) is 55.5 Å². The molecule has 6 rings (SSSR count). The van der Waals surface area contributed by atoms with E-state index < -0.39 is 27.6 Å². The van der Waals surface area contributed by atoms with Crippen molar-refractivity contribution < 1.29 is 23.7 Å². The molecule has 2 unspecified atom stereocenters. The second kappa shape index (κ2) is 21.8. The van der Waals surface area contributed by atoms with Gasteiger partial charge in [-0.15, -0.1) is 0 Å². The largest absolute Gasteiger partial charge is 0.488 e. The van der Waals surface area contributed by atoms with Gasteiger partial charge < -0.3 is 28.1 Å². The van der Waals surface area contributed by atoms with E-state index in [2.05, 4.69) is 240 Å². The van der Waals surface area contributed by atoms with Gasteiger partial charge in [-0.2, -0.15) is 0 Å². The van der Waals surface area contributed by atoms with Crippen molar-refractivity contribution in [3.8, 4) is 34.0 Å². The van der Waals surface area contributed by atoms with Crippen molar-refractivity contribution >= 4 is 27.8 Å². The van der Waals surface area contributed by atoms with Crippen molar-refractivity contribution in [3.05, 3.63) is 107 Å². The molecule has 2 atom stereocenters. The molecule has 75 heavy (non-hydrogen) atoms. The van der Waals surface area contributed by atoms with Crippen molar-refractivity contribution in [1.29, 1.82) is 0 Å². The summed E-state index contributed by atoms with van der Waals surface area (Å²) < 4.78 is 32.7. The first-order valence-electron chi connectivity index (χ1n) is 28.1. The van der Waals surface area contributed by atoms with Crippen LogP contribution in [0.1, 0.15) is 179 Å². The summed E-state index contributed by atoms with van der Waals surface area (Å²) in [6.07, 6.45) is 4.13. The number of fused-ring (bicyclic) bond motifs is 2. The van der Waals surface area contributed by atoms with Gasteiger partial charge in [0, 0.05) is 65.9 Å². The molecular weight excluding hydrogens is 925 g/mol. The van der Waals surface area contributed by atoms with Gasteiger partial charge in [-0.25, -0.2) is 0 Å². The van der Waals surface area contributed by atoms with Crippen LogP contribution in [0, 0.1) is 41.4 Å². The van der Waals surface area contributed by atoms with Crippen LogP contribution in [0.5, 0.6) is 11.5 Å². The Balaban J connectivity index is 1.29. The summed E-state index contributed by atoms with van der Waals surface area (Å²) in [5.41, 5.74) is 9.52. The van der Waals surface area contributed by atoms with E-state index in [9.17, 15) is 4.79 Å². The predicted molar refractivity (Wildman–Crippen MR) is 317 cm³/mol. The van der Waals surface area contributed by atoms with Gasteiger partial charge in [0.25, 0.3) is 0 Å². The average Bonchev–Trinajstić information content (AvgIpc) is 3.76. The second-order valence-corrected chi connectivity index (χ2v) is 28.1. The Morgan fingerprint density at radius 2 is 0.947 bits per heavy atom. The molecule has 0 spiro atoms. The lowest BCUT2D eigenvalue weighted by Gasteiger charge is -2.50. The number of carbonyl (C=O) groups excluding carboxylic acids is 1. The van der Waals surface area contributed by atoms with Gasteiger partial charge in [-0.1, -0.05) is 131 Å². The number of aryl methyl sites for hydroxylation is 6. The van der Waals surface area contributed by atoms with Crippen molar-refractivity contribution in [2.75, 3.05) is 0 Å². The van der Waals surface area contributed by atoms with Crippen LogP contribution in [0.4, 0.5) is 0 Å². The topological polar surface area (TPSA) is 63.9 Å². The summed E-state index contributed by atoms with van der Waals surface area (Å²) in [4.78, 5) is 14.1. The van der Waals surface area contributed by atoms with E-state index in [0.717, 1.165) is 41.8 Å².